The van der Waals surface area contributed by atoms with Crippen LogP contribution in [0.1, 0.15) is 37.7 Å². The van der Waals surface area contributed by atoms with Gasteiger partial charge in [0.1, 0.15) is 5.75 Å². The normalized spacial score (nSPS) is 23.4. The zero-order valence-corrected chi connectivity index (χ0v) is 19.2. The number of hydrogen-bond donors (Lipinski definition) is 1. The standard InChI is InChI=1S/C24H36N4O4/c1-30-16-9-25-23(29)28-14-12-27(13-15-28)21-5-6-22-19(17-21)18-31-24(32-22)7-10-26(11-8-24)20-3-2-4-20/h5-6,17,20H,2-4,7-16,18H2,1H3,(H,25,29). The number of benzene rings is 1. The number of piperazine rings is 1. The number of hydrogen-bond acceptors (Lipinski definition) is 6. The molecule has 2 saturated heterocycles. The summed E-state index contributed by atoms with van der Waals surface area (Å²) in [6.45, 7) is 6.88. The third-order valence-corrected chi connectivity index (χ3v) is 7.50. The van der Waals surface area contributed by atoms with Crippen LogP contribution in [-0.2, 0) is 16.1 Å². The fraction of sp³-hybridized carbons (Fsp3) is 0.708. The molecule has 1 spiro atoms. The lowest BCUT2D eigenvalue weighted by Crippen LogP contribution is -2.54. The van der Waals surface area contributed by atoms with Crippen LogP contribution in [0.2, 0.25) is 0 Å². The Labute approximate surface area is 190 Å². The number of nitrogens with zero attached hydrogens (tertiary/aromatic N) is 3. The first-order valence-corrected chi connectivity index (χ1v) is 12.1. The molecule has 3 aliphatic heterocycles. The third kappa shape index (κ3) is 4.54. The Balaban J connectivity index is 1.14. The van der Waals surface area contributed by atoms with Gasteiger partial charge in [0, 0.05) is 83.1 Å². The van der Waals surface area contributed by atoms with Gasteiger partial charge < -0.3 is 29.3 Å². The van der Waals surface area contributed by atoms with Crippen molar-refractivity contribution in [3.05, 3.63) is 23.8 Å². The first-order valence-electron chi connectivity index (χ1n) is 12.1. The van der Waals surface area contributed by atoms with Gasteiger partial charge in [-0.3, -0.25) is 4.90 Å². The van der Waals surface area contributed by atoms with E-state index in [9.17, 15) is 4.79 Å². The molecule has 8 nitrogen and oxygen atoms in total. The van der Waals surface area contributed by atoms with E-state index in [-0.39, 0.29) is 6.03 Å². The van der Waals surface area contributed by atoms with E-state index in [0.29, 0.717) is 32.8 Å². The van der Waals surface area contributed by atoms with Crippen LogP contribution in [-0.4, -0.2) is 87.2 Å². The molecule has 176 valence electrons. The lowest BCUT2D eigenvalue weighted by Gasteiger charge is -2.47. The Morgan fingerprint density at radius 3 is 2.62 bits per heavy atom. The van der Waals surface area contributed by atoms with Crippen LogP contribution in [0, 0.1) is 0 Å². The minimum absolute atomic E-state index is 0.0115. The van der Waals surface area contributed by atoms with Crippen molar-refractivity contribution >= 4 is 11.7 Å². The summed E-state index contributed by atoms with van der Waals surface area (Å²) in [6, 6.07) is 7.23. The van der Waals surface area contributed by atoms with Crippen molar-refractivity contribution in [2.45, 2.75) is 50.5 Å². The fourth-order valence-electron chi connectivity index (χ4n) is 5.18. The van der Waals surface area contributed by atoms with Gasteiger partial charge in [0.05, 0.1) is 13.2 Å². The van der Waals surface area contributed by atoms with Gasteiger partial charge in [-0.05, 0) is 31.0 Å². The van der Waals surface area contributed by atoms with Gasteiger partial charge in [-0.15, -0.1) is 0 Å². The monoisotopic (exact) mass is 444 g/mol. The van der Waals surface area contributed by atoms with Crippen LogP contribution < -0.4 is 15.0 Å². The second-order valence-electron chi connectivity index (χ2n) is 9.41. The summed E-state index contributed by atoms with van der Waals surface area (Å²) in [6.07, 6.45) is 5.98. The zero-order valence-electron chi connectivity index (χ0n) is 19.2. The Morgan fingerprint density at radius 2 is 1.94 bits per heavy atom. The highest BCUT2D eigenvalue weighted by Crippen LogP contribution is 2.40. The molecular formula is C24H36N4O4. The number of anilines is 1. The molecule has 0 atom stereocenters. The van der Waals surface area contributed by atoms with Crippen LogP contribution in [0.5, 0.6) is 5.75 Å². The number of likely N-dealkylation sites (tertiary alicyclic amines) is 1. The Kier molecular flexibility index (Phi) is 6.44. The van der Waals surface area contributed by atoms with Crippen molar-refractivity contribution < 1.29 is 19.0 Å². The van der Waals surface area contributed by atoms with Crippen LogP contribution in [0.4, 0.5) is 10.5 Å². The number of fused-ring (bicyclic) bond motifs is 1. The van der Waals surface area contributed by atoms with Gasteiger partial charge >= 0.3 is 6.03 Å². The predicted molar refractivity (Wildman–Crippen MR) is 122 cm³/mol. The summed E-state index contributed by atoms with van der Waals surface area (Å²) in [4.78, 5) is 19.1. The molecule has 1 N–H and O–H groups in total. The van der Waals surface area contributed by atoms with Crippen LogP contribution >= 0.6 is 0 Å². The number of ether oxygens (including phenoxy) is 3. The second kappa shape index (κ2) is 9.45. The molecule has 4 aliphatic rings. The van der Waals surface area contributed by atoms with E-state index < -0.39 is 5.79 Å². The minimum Gasteiger partial charge on any atom is -0.462 e. The Hall–Kier alpha value is -2.03. The van der Waals surface area contributed by atoms with Crippen molar-refractivity contribution in [1.82, 2.24) is 15.1 Å². The minimum atomic E-state index is -0.448. The Bertz CT molecular complexity index is 799. The van der Waals surface area contributed by atoms with Gasteiger partial charge in [0.25, 0.3) is 0 Å². The Morgan fingerprint density at radius 1 is 1.16 bits per heavy atom. The maximum Gasteiger partial charge on any atom is 0.317 e. The average Bonchev–Trinajstić information content (AvgIpc) is 2.79. The number of methoxy groups -OCH3 is 1. The first-order chi connectivity index (χ1) is 15.7. The highest BCUT2D eigenvalue weighted by atomic mass is 16.7. The molecule has 1 aromatic rings. The number of urea groups is 1. The molecule has 1 aliphatic carbocycles. The maximum atomic E-state index is 12.2. The number of carbonyl (C=O) groups excluding carboxylic acids is 1. The number of piperidine rings is 1. The van der Waals surface area contributed by atoms with Crippen LogP contribution in [0.15, 0.2) is 18.2 Å². The van der Waals surface area contributed by atoms with E-state index in [2.05, 4.69) is 33.3 Å². The summed E-state index contributed by atoms with van der Waals surface area (Å²) in [5.41, 5.74) is 2.29. The van der Waals surface area contributed by atoms with Crippen LogP contribution in [0.25, 0.3) is 0 Å². The summed E-state index contributed by atoms with van der Waals surface area (Å²) in [5.74, 6) is 0.518. The molecule has 8 heteroatoms. The van der Waals surface area contributed by atoms with E-state index in [1.165, 1.54) is 24.9 Å². The van der Waals surface area contributed by atoms with Gasteiger partial charge in [-0.1, -0.05) is 6.42 Å². The molecule has 0 bridgehead atoms. The van der Waals surface area contributed by atoms with Crippen molar-refractivity contribution in [2.75, 3.05) is 64.4 Å². The lowest BCUT2D eigenvalue weighted by molar-refractivity contribution is -0.231. The summed E-state index contributed by atoms with van der Waals surface area (Å²) >= 11 is 0. The number of amides is 2. The predicted octanol–water partition coefficient (Wildman–Crippen LogP) is 2.42. The molecule has 1 aromatic carbocycles. The van der Waals surface area contributed by atoms with Crippen molar-refractivity contribution in [1.29, 1.82) is 0 Å². The molecule has 0 radical (unpaired) electrons. The van der Waals surface area contributed by atoms with Gasteiger partial charge in [-0.25, -0.2) is 4.79 Å². The van der Waals surface area contributed by atoms with Gasteiger partial charge in [-0.2, -0.15) is 0 Å². The highest BCUT2D eigenvalue weighted by molar-refractivity contribution is 5.74. The van der Waals surface area contributed by atoms with Gasteiger partial charge in [0.2, 0.25) is 5.79 Å². The van der Waals surface area contributed by atoms with Crippen LogP contribution in [0.3, 0.4) is 0 Å². The smallest absolute Gasteiger partial charge is 0.317 e. The van der Waals surface area contributed by atoms with Crippen molar-refractivity contribution in [3.63, 3.8) is 0 Å². The largest absolute Gasteiger partial charge is 0.462 e. The van der Waals surface area contributed by atoms with Crippen molar-refractivity contribution in [2.24, 2.45) is 0 Å². The number of carbonyl (C=O) groups is 1. The molecular weight excluding hydrogens is 408 g/mol. The molecule has 0 aromatic heterocycles. The lowest BCUT2D eigenvalue weighted by atomic mass is 9.89. The molecule has 1 saturated carbocycles. The van der Waals surface area contributed by atoms with E-state index in [1.54, 1.807) is 7.11 Å². The SMILES string of the molecule is COCCNC(=O)N1CCN(c2ccc3c(c2)COC2(CCN(C4CCC4)CC2)O3)CC1. The topological polar surface area (TPSA) is 66.5 Å². The fourth-order valence-corrected chi connectivity index (χ4v) is 5.18. The molecule has 0 unspecified atom stereocenters. The molecule has 3 fully saturated rings. The average molecular weight is 445 g/mol. The number of rotatable bonds is 5. The highest BCUT2D eigenvalue weighted by Gasteiger charge is 2.42. The third-order valence-electron chi connectivity index (χ3n) is 7.50. The van der Waals surface area contributed by atoms with E-state index in [4.69, 9.17) is 14.2 Å². The molecule has 3 heterocycles. The first kappa shape index (κ1) is 21.8. The quantitative estimate of drug-likeness (QED) is 0.704. The molecule has 2 amide bonds. The summed E-state index contributed by atoms with van der Waals surface area (Å²) in [5, 5.41) is 2.90. The maximum absolute atomic E-state index is 12.2. The van der Waals surface area contributed by atoms with Crippen molar-refractivity contribution in [3.8, 4) is 5.75 Å². The van der Waals surface area contributed by atoms with E-state index >= 15 is 0 Å². The van der Waals surface area contributed by atoms with E-state index in [1.807, 2.05) is 4.90 Å². The summed E-state index contributed by atoms with van der Waals surface area (Å²) in [7, 11) is 1.64. The number of nitrogens with one attached hydrogen (secondary N) is 1. The summed E-state index contributed by atoms with van der Waals surface area (Å²) < 4.78 is 17.7. The van der Waals surface area contributed by atoms with Gasteiger partial charge in [0.15, 0.2) is 0 Å². The zero-order chi connectivity index (χ0) is 22.0. The van der Waals surface area contributed by atoms with E-state index in [0.717, 1.165) is 56.4 Å². The second-order valence-corrected chi connectivity index (χ2v) is 9.41. The molecule has 32 heavy (non-hydrogen) atoms. The molecule has 5 rings (SSSR count).